The molecule has 0 fully saturated rings. The molecule has 3 aromatic rings. The van der Waals surface area contributed by atoms with Gasteiger partial charge in [0.05, 0.1) is 15.9 Å². The SMILES string of the molecule is C[C@H](Sc1nc(-c2ccccc2)cs1)C(=O)Nc1ccccc1[N+](=O)[O-]. The zero-order valence-electron chi connectivity index (χ0n) is 13.8. The second kappa shape index (κ2) is 8.11. The number of amides is 1. The van der Waals surface area contributed by atoms with Crippen molar-refractivity contribution in [3.05, 3.63) is 70.1 Å². The predicted octanol–water partition coefficient (Wildman–Crippen LogP) is 4.84. The predicted molar refractivity (Wildman–Crippen MR) is 105 cm³/mol. The first-order chi connectivity index (χ1) is 12.5. The van der Waals surface area contributed by atoms with Gasteiger partial charge in [-0.1, -0.05) is 54.2 Å². The van der Waals surface area contributed by atoms with E-state index < -0.39 is 10.2 Å². The number of thiazole rings is 1. The van der Waals surface area contributed by atoms with Gasteiger partial charge in [-0.05, 0) is 13.0 Å². The first kappa shape index (κ1) is 18.1. The minimum absolute atomic E-state index is 0.126. The topological polar surface area (TPSA) is 85.1 Å². The molecule has 1 aromatic heterocycles. The highest BCUT2D eigenvalue weighted by molar-refractivity contribution is 8.02. The molecule has 1 amide bonds. The van der Waals surface area contributed by atoms with E-state index in [2.05, 4.69) is 10.3 Å². The Morgan fingerprint density at radius 3 is 2.62 bits per heavy atom. The molecule has 0 unspecified atom stereocenters. The van der Waals surface area contributed by atoms with Crippen molar-refractivity contribution >= 4 is 40.4 Å². The van der Waals surface area contributed by atoms with Gasteiger partial charge in [-0.2, -0.15) is 0 Å². The van der Waals surface area contributed by atoms with E-state index in [0.717, 1.165) is 15.6 Å². The molecule has 0 aliphatic carbocycles. The Balaban J connectivity index is 1.67. The zero-order chi connectivity index (χ0) is 18.5. The number of anilines is 1. The molecule has 0 radical (unpaired) electrons. The van der Waals surface area contributed by atoms with Crippen LogP contribution in [0.1, 0.15) is 6.92 Å². The molecule has 2 aromatic carbocycles. The van der Waals surface area contributed by atoms with Crippen molar-refractivity contribution in [2.45, 2.75) is 16.5 Å². The largest absolute Gasteiger partial charge is 0.319 e. The summed E-state index contributed by atoms with van der Waals surface area (Å²) in [6, 6.07) is 15.9. The van der Waals surface area contributed by atoms with Crippen LogP contribution in [0.15, 0.2) is 64.3 Å². The number of hydrogen-bond donors (Lipinski definition) is 1. The summed E-state index contributed by atoms with van der Waals surface area (Å²) in [5, 5.41) is 15.2. The third kappa shape index (κ3) is 4.27. The first-order valence-corrected chi connectivity index (χ1v) is 9.52. The summed E-state index contributed by atoms with van der Waals surface area (Å²) in [5.74, 6) is -0.305. The van der Waals surface area contributed by atoms with Gasteiger partial charge in [-0.3, -0.25) is 14.9 Å². The minimum atomic E-state index is -0.514. The number of benzene rings is 2. The van der Waals surface area contributed by atoms with E-state index >= 15 is 0 Å². The lowest BCUT2D eigenvalue weighted by atomic mass is 10.2. The van der Waals surface area contributed by atoms with Crippen LogP contribution in [0.4, 0.5) is 11.4 Å². The number of nitro benzene ring substituents is 1. The second-order valence-electron chi connectivity index (χ2n) is 5.39. The van der Waals surface area contributed by atoms with E-state index in [0.29, 0.717) is 0 Å². The van der Waals surface area contributed by atoms with Crippen LogP contribution >= 0.6 is 23.1 Å². The highest BCUT2D eigenvalue weighted by Crippen LogP contribution is 2.31. The maximum atomic E-state index is 12.4. The average Bonchev–Trinajstić information content (AvgIpc) is 3.11. The van der Waals surface area contributed by atoms with Gasteiger partial charge in [0.15, 0.2) is 4.34 Å². The van der Waals surface area contributed by atoms with Crippen molar-refractivity contribution in [2.24, 2.45) is 0 Å². The molecule has 1 heterocycles. The summed E-state index contributed by atoms with van der Waals surface area (Å²) in [6.45, 7) is 1.75. The second-order valence-corrected chi connectivity index (χ2v) is 7.83. The monoisotopic (exact) mass is 385 g/mol. The lowest BCUT2D eigenvalue weighted by molar-refractivity contribution is -0.383. The molecule has 1 N–H and O–H groups in total. The molecule has 26 heavy (non-hydrogen) atoms. The number of nitrogens with one attached hydrogen (secondary N) is 1. The third-order valence-corrected chi connectivity index (χ3v) is 5.63. The minimum Gasteiger partial charge on any atom is -0.319 e. The number of hydrogen-bond acceptors (Lipinski definition) is 6. The van der Waals surface area contributed by atoms with E-state index in [-0.39, 0.29) is 17.3 Å². The molecule has 3 rings (SSSR count). The smallest absolute Gasteiger partial charge is 0.292 e. The highest BCUT2D eigenvalue weighted by Gasteiger charge is 2.20. The van der Waals surface area contributed by atoms with Gasteiger partial charge in [0.25, 0.3) is 5.69 Å². The molecule has 132 valence electrons. The number of rotatable bonds is 6. The molecule has 6 nitrogen and oxygen atoms in total. The molecule has 1 atom stereocenters. The summed E-state index contributed by atoms with van der Waals surface area (Å²) < 4.78 is 0.772. The van der Waals surface area contributed by atoms with Crippen molar-refractivity contribution in [3.8, 4) is 11.3 Å². The molecule has 0 spiro atoms. The Morgan fingerprint density at radius 2 is 1.88 bits per heavy atom. The van der Waals surface area contributed by atoms with E-state index in [9.17, 15) is 14.9 Å². The summed E-state index contributed by atoms with van der Waals surface area (Å²) in [6.07, 6.45) is 0. The molecule has 0 saturated carbocycles. The number of para-hydroxylation sites is 2. The number of aromatic nitrogens is 1. The van der Waals surface area contributed by atoms with Crippen LogP contribution in [-0.4, -0.2) is 21.1 Å². The first-order valence-electron chi connectivity index (χ1n) is 7.76. The maximum Gasteiger partial charge on any atom is 0.292 e. The summed E-state index contributed by atoms with van der Waals surface area (Å²) in [4.78, 5) is 27.5. The maximum absolute atomic E-state index is 12.4. The number of carbonyl (C=O) groups is 1. The van der Waals surface area contributed by atoms with Gasteiger partial charge in [-0.15, -0.1) is 11.3 Å². The van der Waals surface area contributed by atoms with Crippen LogP contribution in [0.2, 0.25) is 0 Å². The molecule has 0 aliphatic heterocycles. The lowest BCUT2D eigenvalue weighted by Gasteiger charge is -2.10. The fourth-order valence-corrected chi connectivity index (χ4v) is 4.20. The Hall–Kier alpha value is -2.71. The van der Waals surface area contributed by atoms with Crippen molar-refractivity contribution in [1.29, 1.82) is 0 Å². The fraction of sp³-hybridized carbons (Fsp3) is 0.111. The molecule has 8 heteroatoms. The van der Waals surface area contributed by atoms with Crippen LogP contribution in [0, 0.1) is 10.1 Å². The van der Waals surface area contributed by atoms with Gasteiger partial charge < -0.3 is 5.32 Å². The number of thioether (sulfide) groups is 1. The van der Waals surface area contributed by atoms with E-state index in [1.54, 1.807) is 19.1 Å². The van der Waals surface area contributed by atoms with E-state index in [1.807, 2.05) is 35.7 Å². The van der Waals surface area contributed by atoms with Crippen molar-refractivity contribution in [2.75, 3.05) is 5.32 Å². The Morgan fingerprint density at radius 1 is 1.19 bits per heavy atom. The third-order valence-electron chi connectivity index (χ3n) is 3.56. The summed E-state index contributed by atoms with van der Waals surface area (Å²) in [5.41, 5.74) is 1.95. The van der Waals surface area contributed by atoms with Crippen molar-refractivity contribution in [1.82, 2.24) is 4.98 Å². The quantitative estimate of drug-likeness (QED) is 0.373. The Bertz CT molecular complexity index is 928. The molecule has 0 bridgehead atoms. The van der Waals surface area contributed by atoms with Gasteiger partial charge in [0.1, 0.15) is 5.69 Å². The normalized spacial score (nSPS) is 11.7. The molecule has 0 aliphatic rings. The summed E-state index contributed by atoms with van der Waals surface area (Å²) in [7, 11) is 0. The average molecular weight is 385 g/mol. The van der Waals surface area contributed by atoms with Gasteiger partial charge in [0.2, 0.25) is 5.91 Å². The standard InChI is InChI=1S/C18H15N3O3S2/c1-12(17(22)19-14-9-5-6-10-16(14)21(23)24)26-18-20-15(11-25-18)13-7-3-2-4-8-13/h2-12H,1H3,(H,19,22)/t12-/m0/s1. The van der Waals surface area contributed by atoms with Crippen molar-refractivity contribution < 1.29 is 9.72 Å². The van der Waals surface area contributed by atoms with Crippen LogP contribution in [-0.2, 0) is 4.79 Å². The molecule has 0 saturated heterocycles. The Kier molecular flexibility index (Phi) is 5.65. The highest BCUT2D eigenvalue weighted by atomic mass is 32.2. The van der Waals surface area contributed by atoms with Crippen LogP contribution in [0.3, 0.4) is 0 Å². The van der Waals surface area contributed by atoms with Crippen LogP contribution in [0.5, 0.6) is 0 Å². The number of nitro groups is 1. The summed E-state index contributed by atoms with van der Waals surface area (Å²) >= 11 is 2.79. The van der Waals surface area contributed by atoms with Gasteiger partial charge in [0, 0.05) is 17.0 Å². The van der Waals surface area contributed by atoms with Crippen LogP contribution < -0.4 is 5.32 Å². The number of carbonyl (C=O) groups excluding carboxylic acids is 1. The number of nitrogens with zero attached hydrogens (tertiary/aromatic N) is 2. The van der Waals surface area contributed by atoms with E-state index in [1.165, 1.54) is 35.2 Å². The zero-order valence-corrected chi connectivity index (χ0v) is 15.4. The van der Waals surface area contributed by atoms with Crippen LogP contribution in [0.25, 0.3) is 11.3 Å². The van der Waals surface area contributed by atoms with Crippen molar-refractivity contribution in [3.63, 3.8) is 0 Å². The van der Waals surface area contributed by atoms with Gasteiger partial charge >= 0.3 is 0 Å². The van der Waals surface area contributed by atoms with E-state index in [4.69, 9.17) is 0 Å². The van der Waals surface area contributed by atoms with Gasteiger partial charge in [-0.25, -0.2) is 4.98 Å². The lowest BCUT2D eigenvalue weighted by Crippen LogP contribution is -2.22. The molecular weight excluding hydrogens is 370 g/mol. The Labute approximate surface area is 158 Å². The fourth-order valence-electron chi connectivity index (χ4n) is 2.23. The molecular formula is C18H15N3O3S2.